The van der Waals surface area contributed by atoms with Gasteiger partial charge < -0.3 is 9.73 Å². The summed E-state index contributed by atoms with van der Waals surface area (Å²) in [6.07, 6.45) is 5.53. The summed E-state index contributed by atoms with van der Waals surface area (Å²) in [6, 6.07) is 14.6. The average Bonchev–Trinajstić information content (AvgIpc) is 2.93. The molecule has 1 N–H and O–H groups in total. The molecule has 0 aliphatic rings. The van der Waals surface area contributed by atoms with Crippen molar-refractivity contribution < 1.29 is 4.42 Å². The average molecular weight is 241 g/mol. The third kappa shape index (κ3) is 3.60. The summed E-state index contributed by atoms with van der Waals surface area (Å²) >= 11 is 0. The molecule has 0 saturated heterocycles. The van der Waals surface area contributed by atoms with E-state index in [4.69, 9.17) is 4.42 Å². The number of nitrogens with one attached hydrogen (secondary N) is 1. The molecule has 1 unspecified atom stereocenters. The molecule has 0 saturated carbocycles. The van der Waals surface area contributed by atoms with Gasteiger partial charge in [0.2, 0.25) is 0 Å². The Hall–Kier alpha value is -1.80. The van der Waals surface area contributed by atoms with Gasteiger partial charge >= 0.3 is 0 Å². The standard InChI is InChI=1S/C16H19NO/c1-2-7-15(16-10-6-13-18-16)17-12-11-14-8-4-3-5-9-14/h2-6,8-10,13,15,17H,1,7,11-12H2. The minimum atomic E-state index is 0.223. The molecule has 0 spiro atoms. The van der Waals surface area contributed by atoms with Gasteiger partial charge in [0.05, 0.1) is 12.3 Å². The molecule has 0 radical (unpaired) electrons. The quantitative estimate of drug-likeness (QED) is 0.747. The first kappa shape index (κ1) is 12.7. The van der Waals surface area contributed by atoms with Gasteiger partial charge in [0.25, 0.3) is 0 Å². The Morgan fingerprint density at radius 3 is 2.67 bits per heavy atom. The maximum Gasteiger partial charge on any atom is 0.120 e. The number of furan rings is 1. The summed E-state index contributed by atoms with van der Waals surface area (Å²) in [5.41, 5.74) is 1.35. The van der Waals surface area contributed by atoms with Crippen LogP contribution in [0.2, 0.25) is 0 Å². The van der Waals surface area contributed by atoms with Gasteiger partial charge in [0.15, 0.2) is 0 Å². The van der Waals surface area contributed by atoms with E-state index in [0.717, 1.165) is 25.1 Å². The monoisotopic (exact) mass is 241 g/mol. The van der Waals surface area contributed by atoms with Crippen LogP contribution in [-0.4, -0.2) is 6.54 Å². The number of benzene rings is 1. The van der Waals surface area contributed by atoms with Crippen LogP contribution in [0.5, 0.6) is 0 Å². The molecule has 94 valence electrons. The summed E-state index contributed by atoms with van der Waals surface area (Å²) in [6.45, 7) is 4.73. The molecule has 0 fully saturated rings. The van der Waals surface area contributed by atoms with E-state index in [2.05, 4.69) is 36.2 Å². The fourth-order valence-electron chi connectivity index (χ4n) is 1.99. The number of rotatable bonds is 7. The second kappa shape index (κ2) is 6.82. The van der Waals surface area contributed by atoms with Crippen molar-refractivity contribution in [2.75, 3.05) is 6.54 Å². The van der Waals surface area contributed by atoms with E-state index in [1.165, 1.54) is 5.56 Å². The molecule has 2 nitrogen and oxygen atoms in total. The van der Waals surface area contributed by atoms with Crippen molar-refractivity contribution in [3.63, 3.8) is 0 Å². The molecular formula is C16H19NO. The molecule has 18 heavy (non-hydrogen) atoms. The van der Waals surface area contributed by atoms with E-state index in [-0.39, 0.29) is 6.04 Å². The van der Waals surface area contributed by atoms with E-state index in [1.54, 1.807) is 6.26 Å². The highest BCUT2D eigenvalue weighted by Gasteiger charge is 2.11. The highest BCUT2D eigenvalue weighted by atomic mass is 16.3. The van der Waals surface area contributed by atoms with Gasteiger partial charge in [-0.2, -0.15) is 0 Å². The van der Waals surface area contributed by atoms with Gasteiger partial charge in [-0.05, 0) is 37.1 Å². The molecule has 1 aromatic carbocycles. The highest BCUT2D eigenvalue weighted by molar-refractivity contribution is 5.15. The second-order valence-electron chi connectivity index (χ2n) is 4.28. The van der Waals surface area contributed by atoms with E-state index in [0.29, 0.717) is 0 Å². The van der Waals surface area contributed by atoms with Crippen LogP contribution < -0.4 is 5.32 Å². The maximum absolute atomic E-state index is 5.44. The maximum atomic E-state index is 5.44. The van der Waals surface area contributed by atoms with Gasteiger partial charge in [0.1, 0.15) is 5.76 Å². The molecule has 2 rings (SSSR count). The number of hydrogen-bond acceptors (Lipinski definition) is 2. The second-order valence-corrected chi connectivity index (χ2v) is 4.28. The molecule has 0 bridgehead atoms. The Balaban J connectivity index is 1.85. The molecule has 0 aliphatic heterocycles. The Morgan fingerprint density at radius 2 is 2.00 bits per heavy atom. The van der Waals surface area contributed by atoms with Gasteiger partial charge in [-0.15, -0.1) is 6.58 Å². The zero-order valence-corrected chi connectivity index (χ0v) is 10.5. The van der Waals surface area contributed by atoms with Crippen molar-refractivity contribution in [1.82, 2.24) is 5.32 Å². The first-order valence-electron chi connectivity index (χ1n) is 6.32. The zero-order valence-electron chi connectivity index (χ0n) is 10.5. The van der Waals surface area contributed by atoms with Gasteiger partial charge in [-0.3, -0.25) is 0 Å². The van der Waals surface area contributed by atoms with Crippen LogP contribution in [0.25, 0.3) is 0 Å². The molecule has 2 heteroatoms. The van der Waals surface area contributed by atoms with E-state index >= 15 is 0 Å². The Kier molecular flexibility index (Phi) is 4.79. The van der Waals surface area contributed by atoms with Gasteiger partial charge in [-0.25, -0.2) is 0 Å². The Bertz CT molecular complexity index is 447. The van der Waals surface area contributed by atoms with Crippen LogP contribution in [-0.2, 0) is 6.42 Å². The van der Waals surface area contributed by atoms with E-state index < -0.39 is 0 Å². The van der Waals surface area contributed by atoms with Crippen LogP contribution in [0.3, 0.4) is 0 Å². The van der Waals surface area contributed by atoms with E-state index in [9.17, 15) is 0 Å². The summed E-state index contributed by atoms with van der Waals surface area (Å²) in [5, 5.41) is 3.51. The molecule has 2 aromatic rings. The van der Waals surface area contributed by atoms with Crippen LogP contribution in [0.15, 0.2) is 65.8 Å². The first-order valence-corrected chi connectivity index (χ1v) is 6.32. The highest BCUT2D eigenvalue weighted by Crippen LogP contribution is 2.17. The van der Waals surface area contributed by atoms with Crippen molar-refractivity contribution in [3.05, 3.63) is 72.7 Å². The van der Waals surface area contributed by atoms with Crippen molar-refractivity contribution >= 4 is 0 Å². The third-order valence-corrected chi connectivity index (χ3v) is 2.94. The molecule has 1 aromatic heterocycles. The summed E-state index contributed by atoms with van der Waals surface area (Å²) in [5.74, 6) is 0.975. The van der Waals surface area contributed by atoms with Crippen LogP contribution in [0.1, 0.15) is 23.8 Å². The minimum Gasteiger partial charge on any atom is -0.468 e. The molecular weight excluding hydrogens is 222 g/mol. The van der Waals surface area contributed by atoms with Gasteiger partial charge in [0, 0.05) is 0 Å². The minimum absolute atomic E-state index is 0.223. The lowest BCUT2D eigenvalue weighted by molar-refractivity contribution is 0.415. The lowest BCUT2D eigenvalue weighted by Crippen LogP contribution is -2.23. The van der Waals surface area contributed by atoms with Crippen LogP contribution in [0.4, 0.5) is 0 Å². The van der Waals surface area contributed by atoms with Crippen LogP contribution in [0, 0.1) is 0 Å². The lowest BCUT2D eigenvalue weighted by atomic mass is 10.1. The molecule has 0 amide bonds. The summed E-state index contributed by atoms with van der Waals surface area (Å²) < 4.78 is 5.44. The number of hydrogen-bond donors (Lipinski definition) is 1. The molecule has 1 atom stereocenters. The molecule has 1 heterocycles. The smallest absolute Gasteiger partial charge is 0.120 e. The first-order chi connectivity index (χ1) is 8.90. The largest absolute Gasteiger partial charge is 0.468 e. The van der Waals surface area contributed by atoms with Crippen molar-refractivity contribution in [2.24, 2.45) is 0 Å². The van der Waals surface area contributed by atoms with Crippen LogP contribution >= 0.6 is 0 Å². The Labute approximate surface area is 108 Å². The van der Waals surface area contributed by atoms with Crippen molar-refractivity contribution in [1.29, 1.82) is 0 Å². The predicted molar refractivity (Wildman–Crippen MR) is 74.4 cm³/mol. The lowest BCUT2D eigenvalue weighted by Gasteiger charge is -2.14. The summed E-state index contributed by atoms with van der Waals surface area (Å²) in [7, 11) is 0. The zero-order chi connectivity index (χ0) is 12.6. The summed E-state index contributed by atoms with van der Waals surface area (Å²) in [4.78, 5) is 0. The predicted octanol–water partition coefficient (Wildman–Crippen LogP) is 3.73. The van der Waals surface area contributed by atoms with Crippen molar-refractivity contribution in [3.8, 4) is 0 Å². The fourth-order valence-corrected chi connectivity index (χ4v) is 1.99. The van der Waals surface area contributed by atoms with Crippen molar-refractivity contribution in [2.45, 2.75) is 18.9 Å². The Morgan fingerprint density at radius 1 is 1.17 bits per heavy atom. The third-order valence-electron chi connectivity index (χ3n) is 2.94. The topological polar surface area (TPSA) is 25.2 Å². The fraction of sp³-hybridized carbons (Fsp3) is 0.250. The van der Waals surface area contributed by atoms with Gasteiger partial charge in [-0.1, -0.05) is 36.4 Å². The van der Waals surface area contributed by atoms with E-state index in [1.807, 2.05) is 24.3 Å². The normalized spacial score (nSPS) is 12.2. The molecule has 0 aliphatic carbocycles. The SMILES string of the molecule is C=CCC(NCCc1ccccc1)c1ccco1.